The molecule has 0 saturated heterocycles. The minimum Gasteiger partial charge on any atom is -0.497 e. The van der Waals surface area contributed by atoms with Gasteiger partial charge in [0, 0.05) is 18.0 Å². The number of nitrogens with zero attached hydrogens (tertiary/aromatic N) is 1. The van der Waals surface area contributed by atoms with E-state index in [0.717, 1.165) is 13.0 Å². The lowest BCUT2D eigenvalue weighted by atomic mass is 9.91. The average Bonchev–Trinajstić information content (AvgIpc) is 2.54. The van der Waals surface area contributed by atoms with Gasteiger partial charge in [0.25, 0.3) is 0 Å². The van der Waals surface area contributed by atoms with Crippen molar-refractivity contribution in [2.75, 3.05) is 27.7 Å². The predicted octanol–water partition coefficient (Wildman–Crippen LogP) is 3.30. The summed E-state index contributed by atoms with van der Waals surface area (Å²) >= 11 is 0. The van der Waals surface area contributed by atoms with Crippen molar-refractivity contribution in [3.05, 3.63) is 65.7 Å². The topological polar surface area (TPSA) is 29.5 Å². The predicted molar refractivity (Wildman–Crippen MR) is 89.5 cm³/mol. The standard InChI is InChI=1S/C19H23NO2/c1-20(2)14-17(12-15-8-5-4-6-9-15)19(21)16-10-7-11-18(13-16)22-3/h4-11,13,17H,12,14H2,1-3H3/t17-/m1/s1. The molecule has 22 heavy (non-hydrogen) atoms. The van der Waals surface area contributed by atoms with Gasteiger partial charge >= 0.3 is 0 Å². The third-order valence-electron chi connectivity index (χ3n) is 3.64. The lowest BCUT2D eigenvalue weighted by Gasteiger charge is -2.20. The molecule has 0 amide bonds. The Morgan fingerprint density at radius 1 is 1.09 bits per heavy atom. The van der Waals surface area contributed by atoms with E-state index < -0.39 is 0 Å². The van der Waals surface area contributed by atoms with Crippen molar-refractivity contribution in [1.29, 1.82) is 0 Å². The van der Waals surface area contributed by atoms with Crippen molar-refractivity contribution in [3.63, 3.8) is 0 Å². The van der Waals surface area contributed by atoms with Gasteiger partial charge in [0.1, 0.15) is 5.75 Å². The molecule has 0 heterocycles. The van der Waals surface area contributed by atoms with E-state index in [-0.39, 0.29) is 11.7 Å². The first-order valence-corrected chi connectivity index (χ1v) is 7.47. The maximum Gasteiger partial charge on any atom is 0.167 e. The second kappa shape index (κ2) is 7.76. The van der Waals surface area contributed by atoms with Gasteiger partial charge in [0.05, 0.1) is 7.11 Å². The van der Waals surface area contributed by atoms with Gasteiger partial charge in [-0.25, -0.2) is 0 Å². The normalized spacial score (nSPS) is 12.2. The molecule has 0 radical (unpaired) electrons. The van der Waals surface area contributed by atoms with Gasteiger partial charge in [-0.05, 0) is 38.2 Å². The first-order chi connectivity index (χ1) is 10.6. The van der Waals surface area contributed by atoms with Crippen LogP contribution in [0.1, 0.15) is 15.9 Å². The van der Waals surface area contributed by atoms with Crippen LogP contribution in [0.15, 0.2) is 54.6 Å². The van der Waals surface area contributed by atoms with Crippen LogP contribution in [0.2, 0.25) is 0 Å². The molecule has 0 aliphatic carbocycles. The summed E-state index contributed by atoms with van der Waals surface area (Å²) in [6, 6.07) is 17.6. The number of Topliss-reactive ketones (excluding diaryl/α,β-unsaturated/α-hetero) is 1. The Kier molecular flexibility index (Phi) is 5.73. The maximum atomic E-state index is 12.9. The Labute approximate surface area is 132 Å². The largest absolute Gasteiger partial charge is 0.497 e. The average molecular weight is 297 g/mol. The molecule has 0 aromatic heterocycles. The Morgan fingerprint density at radius 3 is 2.45 bits per heavy atom. The Balaban J connectivity index is 2.22. The maximum absolute atomic E-state index is 12.9. The van der Waals surface area contributed by atoms with E-state index in [1.54, 1.807) is 7.11 Å². The van der Waals surface area contributed by atoms with Crippen LogP contribution in [0.5, 0.6) is 5.75 Å². The third kappa shape index (κ3) is 4.43. The van der Waals surface area contributed by atoms with E-state index in [2.05, 4.69) is 17.0 Å². The van der Waals surface area contributed by atoms with Crippen LogP contribution in [0.4, 0.5) is 0 Å². The molecule has 0 aliphatic rings. The SMILES string of the molecule is COc1cccc(C(=O)[C@H](Cc2ccccc2)CN(C)C)c1. The first kappa shape index (κ1) is 16.2. The van der Waals surface area contributed by atoms with Crippen LogP contribution in [0.3, 0.4) is 0 Å². The Hall–Kier alpha value is -2.13. The van der Waals surface area contributed by atoms with E-state index in [9.17, 15) is 4.79 Å². The molecule has 3 heteroatoms. The monoisotopic (exact) mass is 297 g/mol. The Morgan fingerprint density at radius 2 is 1.82 bits per heavy atom. The number of benzene rings is 2. The third-order valence-corrected chi connectivity index (χ3v) is 3.64. The van der Waals surface area contributed by atoms with Gasteiger partial charge in [-0.1, -0.05) is 42.5 Å². The second-order valence-electron chi connectivity index (χ2n) is 5.75. The molecule has 0 unspecified atom stereocenters. The molecule has 0 spiro atoms. The summed E-state index contributed by atoms with van der Waals surface area (Å²) < 4.78 is 5.22. The molecule has 2 aromatic carbocycles. The van der Waals surface area contributed by atoms with Crippen molar-refractivity contribution in [2.45, 2.75) is 6.42 Å². The quantitative estimate of drug-likeness (QED) is 0.734. The molecule has 0 aliphatic heterocycles. The highest BCUT2D eigenvalue weighted by molar-refractivity contribution is 5.98. The van der Waals surface area contributed by atoms with E-state index in [1.165, 1.54) is 5.56 Å². The van der Waals surface area contributed by atoms with Crippen LogP contribution < -0.4 is 4.74 Å². The first-order valence-electron chi connectivity index (χ1n) is 7.47. The molecule has 0 N–H and O–H groups in total. The fraction of sp³-hybridized carbons (Fsp3) is 0.316. The van der Waals surface area contributed by atoms with E-state index in [1.807, 2.05) is 56.6 Å². The molecule has 0 saturated carbocycles. The number of methoxy groups -OCH3 is 1. The van der Waals surface area contributed by atoms with Gasteiger partial charge in [0.15, 0.2) is 5.78 Å². The summed E-state index contributed by atoms with van der Waals surface area (Å²) in [7, 11) is 5.61. The smallest absolute Gasteiger partial charge is 0.167 e. The van der Waals surface area contributed by atoms with E-state index in [0.29, 0.717) is 11.3 Å². The van der Waals surface area contributed by atoms with Crippen molar-refractivity contribution >= 4 is 5.78 Å². The number of hydrogen-bond donors (Lipinski definition) is 0. The van der Waals surface area contributed by atoms with Gasteiger partial charge in [-0.2, -0.15) is 0 Å². The molecule has 0 fully saturated rings. The molecule has 3 nitrogen and oxygen atoms in total. The summed E-state index contributed by atoms with van der Waals surface area (Å²) in [6.07, 6.45) is 0.745. The van der Waals surface area contributed by atoms with Crippen LogP contribution in [-0.4, -0.2) is 38.4 Å². The van der Waals surface area contributed by atoms with Gasteiger partial charge in [-0.3, -0.25) is 4.79 Å². The van der Waals surface area contributed by atoms with Gasteiger partial charge < -0.3 is 9.64 Å². The minimum absolute atomic E-state index is 0.0653. The Bertz CT molecular complexity index is 608. The van der Waals surface area contributed by atoms with Gasteiger partial charge in [-0.15, -0.1) is 0 Å². The van der Waals surface area contributed by atoms with Crippen LogP contribution >= 0.6 is 0 Å². The van der Waals surface area contributed by atoms with E-state index in [4.69, 9.17) is 4.74 Å². The molecular weight excluding hydrogens is 274 g/mol. The molecule has 2 rings (SSSR count). The van der Waals surface area contributed by atoms with Gasteiger partial charge in [0.2, 0.25) is 0 Å². The van der Waals surface area contributed by atoms with Crippen LogP contribution in [0.25, 0.3) is 0 Å². The second-order valence-corrected chi connectivity index (χ2v) is 5.75. The number of hydrogen-bond acceptors (Lipinski definition) is 3. The summed E-state index contributed by atoms with van der Waals surface area (Å²) in [5, 5.41) is 0. The molecule has 0 bridgehead atoms. The van der Waals surface area contributed by atoms with Crippen LogP contribution in [0, 0.1) is 5.92 Å². The zero-order valence-corrected chi connectivity index (χ0v) is 13.5. The van der Waals surface area contributed by atoms with Crippen molar-refractivity contribution in [1.82, 2.24) is 4.90 Å². The number of ketones is 1. The molecule has 1 atom stereocenters. The highest BCUT2D eigenvalue weighted by Gasteiger charge is 2.21. The lowest BCUT2D eigenvalue weighted by Crippen LogP contribution is -2.29. The fourth-order valence-corrected chi connectivity index (χ4v) is 2.59. The van der Waals surface area contributed by atoms with Crippen LogP contribution in [-0.2, 0) is 6.42 Å². The lowest BCUT2D eigenvalue weighted by molar-refractivity contribution is 0.0896. The fourth-order valence-electron chi connectivity index (χ4n) is 2.59. The zero-order valence-electron chi connectivity index (χ0n) is 13.5. The summed E-state index contributed by atoms with van der Waals surface area (Å²) in [4.78, 5) is 14.9. The highest BCUT2D eigenvalue weighted by Crippen LogP contribution is 2.19. The summed E-state index contributed by atoms with van der Waals surface area (Å²) in [5.74, 6) is 0.815. The number of carbonyl (C=O) groups excluding carboxylic acids is 1. The minimum atomic E-state index is -0.0653. The molecule has 116 valence electrons. The van der Waals surface area contributed by atoms with Crippen molar-refractivity contribution < 1.29 is 9.53 Å². The molecule has 2 aromatic rings. The number of ether oxygens (including phenoxy) is 1. The highest BCUT2D eigenvalue weighted by atomic mass is 16.5. The summed E-state index contributed by atoms with van der Waals surface area (Å²) in [5.41, 5.74) is 1.90. The summed E-state index contributed by atoms with van der Waals surface area (Å²) in [6.45, 7) is 0.727. The molecular formula is C19H23NO2. The van der Waals surface area contributed by atoms with Crippen molar-refractivity contribution in [2.24, 2.45) is 5.92 Å². The number of carbonyl (C=O) groups is 1. The van der Waals surface area contributed by atoms with E-state index >= 15 is 0 Å². The number of rotatable bonds is 7. The van der Waals surface area contributed by atoms with Crippen molar-refractivity contribution in [3.8, 4) is 5.75 Å². The zero-order chi connectivity index (χ0) is 15.9.